The number of nitriles is 1. The fourth-order valence-electron chi connectivity index (χ4n) is 3.44. The second-order valence-corrected chi connectivity index (χ2v) is 5.71. The molecule has 0 N–H and O–H groups in total. The van der Waals surface area contributed by atoms with Gasteiger partial charge in [0.15, 0.2) is 0 Å². The highest BCUT2D eigenvalue weighted by molar-refractivity contribution is 5.79. The number of nitrogens with zero attached hydrogens (tertiary/aromatic N) is 2. The molecule has 18 heavy (non-hydrogen) atoms. The van der Waals surface area contributed by atoms with Crippen molar-refractivity contribution in [1.29, 1.82) is 5.26 Å². The summed E-state index contributed by atoms with van der Waals surface area (Å²) in [5.41, 5.74) is 0. The fraction of sp³-hybridized carbons (Fsp3) is 0.867. The molecule has 2 aliphatic carbocycles. The first-order valence-corrected chi connectivity index (χ1v) is 7.50. The number of hydrogen-bond donors (Lipinski definition) is 0. The first-order chi connectivity index (χ1) is 8.83. The van der Waals surface area contributed by atoms with Crippen LogP contribution in [0.1, 0.15) is 64.2 Å². The Balaban J connectivity index is 1.97. The standard InChI is InChI=1S/C15H24N2O/c16-11-6-12-17(14-9-4-5-10-14)15(18)13-7-2-1-3-8-13/h13-14H,1-10,12H2. The van der Waals surface area contributed by atoms with Crippen LogP contribution in [-0.4, -0.2) is 23.4 Å². The molecule has 0 aliphatic heterocycles. The predicted molar refractivity (Wildman–Crippen MR) is 70.8 cm³/mol. The molecule has 0 unspecified atom stereocenters. The Hall–Kier alpha value is -1.04. The average Bonchev–Trinajstić information content (AvgIpc) is 2.94. The molecule has 0 spiro atoms. The van der Waals surface area contributed by atoms with Gasteiger partial charge in [0.05, 0.1) is 12.5 Å². The van der Waals surface area contributed by atoms with Gasteiger partial charge >= 0.3 is 0 Å². The highest BCUT2D eigenvalue weighted by atomic mass is 16.2. The maximum Gasteiger partial charge on any atom is 0.225 e. The highest BCUT2D eigenvalue weighted by Crippen LogP contribution is 2.30. The molecule has 2 rings (SSSR count). The van der Waals surface area contributed by atoms with Crippen LogP contribution in [0.2, 0.25) is 0 Å². The average molecular weight is 248 g/mol. The fourth-order valence-corrected chi connectivity index (χ4v) is 3.44. The van der Waals surface area contributed by atoms with E-state index in [2.05, 4.69) is 6.07 Å². The molecule has 2 fully saturated rings. The summed E-state index contributed by atoms with van der Waals surface area (Å²) in [5.74, 6) is 0.592. The summed E-state index contributed by atoms with van der Waals surface area (Å²) in [6.45, 7) is 0.649. The van der Waals surface area contributed by atoms with Gasteiger partial charge in [-0.3, -0.25) is 4.79 Å². The predicted octanol–water partition coefficient (Wildman–Crippen LogP) is 3.25. The summed E-state index contributed by atoms with van der Waals surface area (Å²) in [4.78, 5) is 14.7. The lowest BCUT2D eigenvalue weighted by molar-refractivity contribution is -0.138. The summed E-state index contributed by atoms with van der Waals surface area (Å²) >= 11 is 0. The van der Waals surface area contributed by atoms with Gasteiger partial charge < -0.3 is 4.90 Å². The molecule has 3 heteroatoms. The minimum atomic E-state index is 0.248. The summed E-state index contributed by atoms with van der Waals surface area (Å²) in [7, 11) is 0. The minimum absolute atomic E-state index is 0.248. The van der Waals surface area contributed by atoms with Crippen molar-refractivity contribution < 1.29 is 4.79 Å². The molecule has 2 aliphatic rings. The second kappa shape index (κ2) is 6.78. The molecule has 0 saturated heterocycles. The van der Waals surface area contributed by atoms with Crippen LogP contribution < -0.4 is 0 Å². The second-order valence-electron chi connectivity index (χ2n) is 5.71. The van der Waals surface area contributed by atoms with Gasteiger partial charge in [-0.1, -0.05) is 32.1 Å². The summed E-state index contributed by atoms with van der Waals surface area (Å²) in [5, 5.41) is 8.76. The van der Waals surface area contributed by atoms with Crippen LogP contribution in [0.4, 0.5) is 0 Å². The van der Waals surface area contributed by atoms with Crippen molar-refractivity contribution >= 4 is 5.91 Å². The van der Waals surface area contributed by atoms with Gasteiger partial charge in [-0.2, -0.15) is 5.26 Å². The largest absolute Gasteiger partial charge is 0.338 e. The minimum Gasteiger partial charge on any atom is -0.338 e. The summed E-state index contributed by atoms with van der Waals surface area (Å²) in [6.07, 6.45) is 11.1. The van der Waals surface area contributed by atoms with Crippen LogP contribution in [0.5, 0.6) is 0 Å². The van der Waals surface area contributed by atoms with Gasteiger partial charge in [-0.05, 0) is 25.7 Å². The maximum atomic E-state index is 12.6. The third-order valence-corrected chi connectivity index (χ3v) is 4.47. The molecular formula is C15H24N2O. The normalized spacial score (nSPS) is 21.7. The number of carbonyl (C=O) groups is 1. The lowest BCUT2D eigenvalue weighted by Crippen LogP contribution is -2.43. The molecule has 3 nitrogen and oxygen atoms in total. The number of carbonyl (C=O) groups excluding carboxylic acids is 1. The molecule has 0 aromatic heterocycles. The Morgan fingerprint density at radius 1 is 1.06 bits per heavy atom. The van der Waals surface area contributed by atoms with E-state index in [-0.39, 0.29) is 5.92 Å². The van der Waals surface area contributed by atoms with E-state index in [1.807, 2.05) is 4.90 Å². The van der Waals surface area contributed by atoms with Crippen molar-refractivity contribution in [3.05, 3.63) is 0 Å². The van der Waals surface area contributed by atoms with E-state index < -0.39 is 0 Å². The third-order valence-electron chi connectivity index (χ3n) is 4.47. The van der Waals surface area contributed by atoms with Crippen molar-refractivity contribution in [2.45, 2.75) is 70.3 Å². The Bertz CT molecular complexity index is 309. The molecule has 0 aromatic carbocycles. The summed E-state index contributed by atoms with van der Waals surface area (Å²) < 4.78 is 0. The van der Waals surface area contributed by atoms with E-state index in [0.29, 0.717) is 24.9 Å². The lowest BCUT2D eigenvalue weighted by Gasteiger charge is -2.33. The van der Waals surface area contributed by atoms with Crippen molar-refractivity contribution in [2.75, 3.05) is 6.54 Å². The molecular weight excluding hydrogens is 224 g/mol. The van der Waals surface area contributed by atoms with Crippen molar-refractivity contribution in [1.82, 2.24) is 4.90 Å². The van der Waals surface area contributed by atoms with Gasteiger partial charge in [0.2, 0.25) is 5.91 Å². The van der Waals surface area contributed by atoms with Gasteiger partial charge in [0, 0.05) is 18.5 Å². The quantitative estimate of drug-likeness (QED) is 0.766. The maximum absolute atomic E-state index is 12.6. The van der Waals surface area contributed by atoms with Crippen LogP contribution in [0.25, 0.3) is 0 Å². The topological polar surface area (TPSA) is 44.1 Å². The van der Waals surface area contributed by atoms with Crippen LogP contribution in [0.15, 0.2) is 0 Å². The van der Waals surface area contributed by atoms with E-state index >= 15 is 0 Å². The molecule has 100 valence electrons. The van der Waals surface area contributed by atoms with Crippen LogP contribution in [0, 0.1) is 17.2 Å². The smallest absolute Gasteiger partial charge is 0.225 e. The Kier molecular flexibility index (Phi) is 5.04. The Morgan fingerprint density at radius 3 is 2.28 bits per heavy atom. The van der Waals surface area contributed by atoms with E-state index in [0.717, 1.165) is 25.7 Å². The van der Waals surface area contributed by atoms with Crippen LogP contribution in [0.3, 0.4) is 0 Å². The van der Waals surface area contributed by atoms with Gasteiger partial charge in [-0.25, -0.2) is 0 Å². The lowest BCUT2D eigenvalue weighted by atomic mass is 9.88. The number of amides is 1. The molecule has 2 saturated carbocycles. The zero-order valence-electron chi connectivity index (χ0n) is 11.2. The first-order valence-electron chi connectivity index (χ1n) is 7.50. The molecule has 0 radical (unpaired) electrons. The Labute approximate surface area is 110 Å². The monoisotopic (exact) mass is 248 g/mol. The van der Waals surface area contributed by atoms with Crippen molar-refractivity contribution in [3.8, 4) is 6.07 Å². The van der Waals surface area contributed by atoms with Gasteiger partial charge in [-0.15, -0.1) is 0 Å². The molecule has 0 atom stereocenters. The molecule has 0 bridgehead atoms. The van der Waals surface area contributed by atoms with E-state index in [4.69, 9.17) is 5.26 Å². The summed E-state index contributed by atoms with van der Waals surface area (Å²) in [6, 6.07) is 2.61. The van der Waals surface area contributed by atoms with Crippen molar-refractivity contribution in [3.63, 3.8) is 0 Å². The van der Waals surface area contributed by atoms with Gasteiger partial charge in [0.1, 0.15) is 0 Å². The third kappa shape index (κ3) is 3.25. The van der Waals surface area contributed by atoms with Crippen molar-refractivity contribution in [2.24, 2.45) is 5.92 Å². The van der Waals surface area contributed by atoms with Crippen LogP contribution >= 0.6 is 0 Å². The van der Waals surface area contributed by atoms with E-state index in [1.54, 1.807) is 0 Å². The number of rotatable bonds is 4. The molecule has 0 heterocycles. The zero-order valence-corrected chi connectivity index (χ0v) is 11.2. The molecule has 0 aromatic rings. The van der Waals surface area contributed by atoms with Crippen LogP contribution in [-0.2, 0) is 4.79 Å². The molecule has 1 amide bonds. The van der Waals surface area contributed by atoms with Gasteiger partial charge in [0.25, 0.3) is 0 Å². The number of hydrogen-bond acceptors (Lipinski definition) is 2. The first kappa shape index (κ1) is 13.4. The zero-order chi connectivity index (χ0) is 12.8. The van der Waals surface area contributed by atoms with E-state index in [1.165, 1.54) is 32.1 Å². The van der Waals surface area contributed by atoms with E-state index in [9.17, 15) is 4.79 Å². The Morgan fingerprint density at radius 2 is 1.67 bits per heavy atom. The SMILES string of the molecule is N#CCCN(C(=O)C1CCCCC1)C1CCCC1. The highest BCUT2D eigenvalue weighted by Gasteiger charge is 2.31.